The molecule has 1 amide bonds. The van der Waals surface area contributed by atoms with Crippen LogP contribution in [-0.4, -0.2) is 37.0 Å². The van der Waals surface area contributed by atoms with Crippen molar-refractivity contribution in [3.63, 3.8) is 0 Å². The molecule has 1 aromatic carbocycles. The lowest BCUT2D eigenvalue weighted by atomic mass is 9.90. The molecule has 20 heavy (non-hydrogen) atoms. The van der Waals surface area contributed by atoms with Crippen LogP contribution in [-0.2, 0) is 4.79 Å². The van der Waals surface area contributed by atoms with E-state index < -0.39 is 0 Å². The summed E-state index contributed by atoms with van der Waals surface area (Å²) < 4.78 is 6.37. The Labute approximate surface area is 132 Å². The van der Waals surface area contributed by atoms with E-state index in [0.29, 0.717) is 23.9 Å². The molecule has 1 atom stereocenters. The molecule has 1 aliphatic heterocycles. The molecule has 1 heterocycles. The number of halogens is 2. The molecule has 1 unspecified atom stereocenters. The van der Waals surface area contributed by atoms with Crippen LogP contribution in [0, 0.1) is 5.41 Å². The third kappa shape index (κ3) is 3.65. The molecule has 0 saturated carbocycles. The second kappa shape index (κ2) is 6.33. The lowest BCUT2D eigenvalue weighted by Crippen LogP contribution is -2.36. The van der Waals surface area contributed by atoms with E-state index in [1.54, 1.807) is 17.0 Å². The number of hydrogen-bond donors (Lipinski definition) is 1. The van der Waals surface area contributed by atoms with E-state index in [1.807, 2.05) is 6.07 Å². The quantitative estimate of drug-likeness (QED) is 0.897. The van der Waals surface area contributed by atoms with Crippen molar-refractivity contribution in [2.45, 2.75) is 13.3 Å². The summed E-state index contributed by atoms with van der Waals surface area (Å²) in [5.74, 6) is 0.491. The van der Waals surface area contributed by atoms with E-state index in [9.17, 15) is 4.79 Å². The third-order valence-electron chi connectivity index (χ3n) is 3.65. The highest BCUT2D eigenvalue weighted by Gasteiger charge is 2.34. The van der Waals surface area contributed by atoms with E-state index in [1.165, 1.54) is 0 Å². The number of carbonyl (C=O) groups excluding carboxylic acids is 1. The number of hydrogen-bond acceptors (Lipinski definition) is 3. The first-order valence-electron chi connectivity index (χ1n) is 6.49. The summed E-state index contributed by atoms with van der Waals surface area (Å²) in [5.41, 5.74) is 5.77. The lowest BCUT2D eigenvalue weighted by Gasteiger charge is -2.22. The Balaban J connectivity index is 1.90. The summed E-state index contributed by atoms with van der Waals surface area (Å²) in [6, 6.07) is 5.31. The van der Waals surface area contributed by atoms with Gasteiger partial charge in [0.15, 0.2) is 6.61 Å². The SMILES string of the molecule is CC1(CN)CCN(C(=O)COc2ccc(Br)cc2Cl)C1. The van der Waals surface area contributed by atoms with Crippen molar-refractivity contribution in [3.8, 4) is 5.75 Å². The van der Waals surface area contributed by atoms with Crippen LogP contribution >= 0.6 is 27.5 Å². The van der Waals surface area contributed by atoms with Gasteiger partial charge in [-0.1, -0.05) is 34.5 Å². The fourth-order valence-electron chi connectivity index (χ4n) is 2.23. The molecular weight excluding hydrogens is 344 g/mol. The first-order chi connectivity index (χ1) is 9.43. The second-order valence-electron chi connectivity index (χ2n) is 5.44. The fraction of sp³-hybridized carbons (Fsp3) is 0.500. The summed E-state index contributed by atoms with van der Waals surface area (Å²) in [5, 5.41) is 0.486. The molecule has 1 aromatic rings. The summed E-state index contributed by atoms with van der Waals surface area (Å²) in [6.07, 6.45) is 0.939. The van der Waals surface area contributed by atoms with Crippen molar-refractivity contribution < 1.29 is 9.53 Å². The molecule has 0 aromatic heterocycles. The molecular formula is C14H18BrClN2O2. The van der Waals surface area contributed by atoms with Crippen LogP contribution in [0.25, 0.3) is 0 Å². The Bertz CT molecular complexity index is 512. The molecule has 4 nitrogen and oxygen atoms in total. The molecule has 2 rings (SSSR count). The summed E-state index contributed by atoms with van der Waals surface area (Å²) in [6.45, 7) is 4.13. The Kier molecular flexibility index (Phi) is 4.94. The molecule has 1 aliphatic rings. The van der Waals surface area contributed by atoms with Crippen LogP contribution in [0.1, 0.15) is 13.3 Å². The smallest absolute Gasteiger partial charge is 0.260 e. The zero-order valence-electron chi connectivity index (χ0n) is 11.4. The minimum Gasteiger partial charge on any atom is -0.482 e. The van der Waals surface area contributed by atoms with Crippen molar-refractivity contribution in [2.75, 3.05) is 26.2 Å². The van der Waals surface area contributed by atoms with Gasteiger partial charge >= 0.3 is 0 Å². The van der Waals surface area contributed by atoms with Gasteiger partial charge in [-0.25, -0.2) is 0 Å². The van der Waals surface area contributed by atoms with Crippen LogP contribution in [0.4, 0.5) is 0 Å². The third-order valence-corrected chi connectivity index (χ3v) is 4.44. The maximum Gasteiger partial charge on any atom is 0.260 e. The van der Waals surface area contributed by atoms with E-state index in [4.69, 9.17) is 22.1 Å². The number of likely N-dealkylation sites (tertiary alicyclic amines) is 1. The fourth-order valence-corrected chi connectivity index (χ4v) is 2.95. The maximum atomic E-state index is 12.1. The van der Waals surface area contributed by atoms with Gasteiger partial charge in [-0.15, -0.1) is 0 Å². The minimum atomic E-state index is -0.0267. The van der Waals surface area contributed by atoms with Crippen molar-refractivity contribution in [1.29, 1.82) is 0 Å². The van der Waals surface area contributed by atoms with Crippen molar-refractivity contribution in [3.05, 3.63) is 27.7 Å². The standard InChI is InChI=1S/C14H18BrClN2O2/c1-14(8-17)4-5-18(9-14)13(19)7-20-12-3-2-10(15)6-11(12)16/h2-3,6H,4-5,7-9,17H2,1H3. The van der Waals surface area contributed by atoms with E-state index in [0.717, 1.165) is 17.4 Å². The summed E-state index contributed by atoms with van der Waals surface area (Å²) in [4.78, 5) is 13.9. The van der Waals surface area contributed by atoms with Crippen molar-refractivity contribution in [2.24, 2.45) is 11.1 Å². The molecule has 110 valence electrons. The number of nitrogens with zero attached hydrogens (tertiary/aromatic N) is 1. The van der Waals surface area contributed by atoms with Gasteiger partial charge in [0.05, 0.1) is 5.02 Å². The van der Waals surface area contributed by atoms with Gasteiger partial charge in [-0.05, 0) is 36.6 Å². The number of ether oxygens (including phenoxy) is 1. The number of nitrogens with two attached hydrogens (primary N) is 1. The number of amides is 1. The normalized spacial score (nSPS) is 22.1. The first kappa shape index (κ1) is 15.6. The molecule has 0 spiro atoms. The largest absolute Gasteiger partial charge is 0.482 e. The monoisotopic (exact) mass is 360 g/mol. The van der Waals surface area contributed by atoms with Gasteiger partial charge in [0.2, 0.25) is 0 Å². The summed E-state index contributed by atoms with van der Waals surface area (Å²) in [7, 11) is 0. The van der Waals surface area contributed by atoms with Crippen molar-refractivity contribution >= 4 is 33.4 Å². The van der Waals surface area contributed by atoms with Crippen molar-refractivity contribution in [1.82, 2.24) is 4.90 Å². The molecule has 0 bridgehead atoms. The Morgan fingerprint density at radius 2 is 2.35 bits per heavy atom. The van der Waals surface area contributed by atoms with E-state index in [-0.39, 0.29) is 17.9 Å². The molecule has 1 fully saturated rings. The van der Waals surface area contributed by atoms with Crippen LogP contribution in [0.3, 0.4) is 0 Å². The molecule has 6 heteroatoms. The predicted octanol–water partition coefficient (Wildman–Crippen LogP) is 2.68. The number of carbonyl (C=O) groups is 1. The molecule has 2 N–H and O–H groups in total. The van der Waals surface area contributed by atoms with E-state index in [2.05, 4.69) is 22.9 Å². The topological polar surface area (TPSA) is 55.6 Å². The van der Waals surface area contributed by atoms with Crippen LogP contribution in [0.2, 0.25) is 5.02 Å². The molecule has 0 radical (unpaired) electrons. The molecule has 0 aliphatic carbocycles. The Morgan fingerprint density at radius 3 is 2.95 bits per heavy atom. The zero-order chi connectivity index (χ0) is 14.8. The Morgan fingerprint density at radius 1 is 1.60 bits per heavy atom. The maximum absolute atomic E-state index is 12.1. The predicted molar refractivity (Wildman–Crippen MR) is 83.0 cm³/mol. The van der Waals surface area contributed by atoms with Crippen LogP contribution in [0.15, 0.2) is 22.7 Å². The van der Waals surface area contributed by atoms with E-state index >= 15 is 0 Å². The van der Waals surface area contributed by atoms with Gasteiger partial charge in [0.1, 0.15) is 5.75 Å². The summed E-state index contributed by atoms with van der Waals surface area (Å²) >= 11 is 9.37. The zero-order valence-corrected chi connectivity index (χ0v) is 13.7. The van der Waals surface area contributed by atoms with Crippen LogP contribution < -0.4 is 10.5 Å². The second-order valence-corrected chi connectivity index (χ2v) is 6.77. The molecule has 1 saturated heterocycles. The minimum absolute atomic E-state index is 0.00199. The lowest BCUT2D eigenvalue weighted by molar-refractivity contribution is -0.132. The van der Waals surface area contributed by atoms with Crippen LogP contribution in [0.5, 0.6) is 5.75 Å². The number of benzene rings is 1. The average Bonchev–Trinajstić information content (AvgIpc) is 2.81. The van der Waals surface area contributed by atoms with Gasteiger partial charge in [0, 0.05) is 17.6 Å². The highest BCUT2D eigenvalue weighted by atomic mass is 79.9. The average molecular weight is 362 g/mol. The van der Waals surface area contributed by atoms with Gasteiger partial charge < -0.3 is 15.4 Å². The van der Waals surface area contributed by atoms with Gasteiger partial charge in [-0.2, -0.15) is 0 Å². The Hall–Kier alpha value is -0.780. The highest BCUT2D eigenvalue weighted by Crippen LogP contribution is 2.30. The van der Waals surface area contributed by atoms with Gasteiger partial charge in [-0.3, -0.25) is 4.79 Å². The van der Waals surface area contributed by atoms with Gasteiger partial charge in [0.25, 0.3) is 5.91 Å². The first-order valence-corrected chi connectivity index (χ1v) is 7.66. The number of rotatable bonds is 4. The highest BCUT2D eigenvalue weighted by molar-refractivity contribution is 9.10.